The Balaban J connectivity index is 2.01. The Kier molecular flexibility index (Phi) is 6.64. The molecular formula is C12H23NO2. The van der Waals surface area contributed by atoms with E-state index in [-0.39, 0.29) is 12.1 Å². The van der Waals surface area contributed by atoms with Crippen LogP contribution in [0.3, 0.4) is 0 Å². The second kappa shape index (κ2) is 7.85. The van der Waals surface area contributed by atoms with Crippen LogP contribution in [0.15, 0.2) is 12.7 Å². The molecule has 1 saturated heterocycles. The average Bonchev–Trinajstić information content (AvgIpc) is 2.30. The minimum atomic E-state index is 0.109. The van der Waals surface area contributed by atoms with Crippen LogP contribution < -0.4 is 5.73 Å². The third-order valence-electron chi connectivity index (χ3n) is 2.76. The molecule has 0 aliphatic carbocycles. The van der Waals surface area contributed by atoms with Crippen LogP contribution in [-0.4, -0.2) is 32.0 Å². The maximum Gasteiger partial charge on any atom is 0.0959 e. The van der Waals surface area contributed by atoms with Crippen LogP contribution in [-0.2, 0) is 9.47 Å². The molecule has 3 heteroatoms. The Hall–Kier alpha value is -0.380. The molecule has 0 saturated carbocycles. The molecule has 0 bridgehead atoms. The fraction of sp³-hybridized carbons (Fsp3) is 0.833. The maximum atomic E-state index is 6.04. The van der Waals surface area contributed by atoms with Gasteiger partial charge in [-0.1, -0.05) is 18.9 Å². The lowest BCUT2D eigenvalue weighted by Crippen LogP contribution is -2.43. The van der Waals surface area contributed by atoms with Crippen molar-refractivity contribution in [1.82, 2.24) is 0 Å². The molecule has 0 spiro atoms. The number of allylic oxidation sites excluding steroid dienone is 1. The van der Waals surface area contributed by atoms with Gasteiger partial charge in [-0.15, -0.1) is 6.58 Å². The Labute approximate surface area is 92.6 Å². The molecule has 15 heavy (non-hydrogen) atoms. The molecule has 0 aromatic rings. The number of hydrogen-bond donors (Lipinski definition) is 1. The first-order valence-corrected chi connectivity index (χ1v) is 5.90. The lowest BCUT2D eigenvalue weighted by Gasteiger charge is -2.27. The van der Waals surface area contributed by atoms with Gasteiger partial charge in [0.1, 0.15) is 0 Å². The Morgan fingerprint density at radius 3 is 2.87 bits per heavy atom. The van der Waals surface area contributed by atoms with Crippen molar-refractivity contribution in [3.8, 4) is 0 Å². The van der Waals surface area contributed by atoms with Gasteiger partial charge in [0.25, 0.3) is 0 Å². The van der Waals surface area contributed by atoms with Gasteiger partial charge < -0.3 is 15.2 Å². The molecule has 2 N–H and O–H groups in total. The van der Waals surface area contributed by atoms with Gasteiger partial charge in [0.2, 0.25) is 0 Å². The minimum absolute atomic E-state index is 0.109. The van der Waals surface area contributed by atoms with E-state index in [1.54, 1.807) is 0 Å². The molecule has 0 radical (unpaired) electrons. The highest BCUT2D eigenvalue weighted by Gasteiger charge is 2.21. The van der Waals surface area contributed by atoms with Crippen LogP contribution in [0, 0.1) is 0 Å². The highest BCUT2D eigenvalue weighted by atomic mass is 16.6. The molecule has 0 aromatic carbocycles. The predicted molar refractivity (Wildman–Crippen MR) is 61.8 cm³/mol. The fourth-order valence-electron chi connectivity index (χ4n) is 1.78. The number of ether oxygens (including phenoxy) is 2. The lowest BCUT2D eigenvalue weighted by molar-refractivity contribution is -0.0978. The first-order chi connectivity index (χ1) is 7.34. The molecule has 1 heterocycles. The first-order valence-electron chi connectivity index (χ1n) is 5.90. The van der Waals surface area contributed by atoms with E-state index in [9.17, 15) is 0 Å². The van der Waals surface area contributed by atoms with Crippen molar-refractivity contribution in [3.05, 3.63) is 12.7 Å². The van der Waals surface area contributed by atoms with Crippen molar-refractivity contribution >= 4 is 0 Å². The molecule has 0 amide bonds. The van der Waals surface area contributed by atoms with E-state index in [0.717, 1.165) is 12.8 Å². The normalized spacial score (nSPS) is 23.7. The molecule has 1 rings (SSSR count). The zero-order valence-electron chi connectivity index (χ0n) is 9.49. The van der Waals surface area contributed by atoms with E-state index in [4.69, 9.17) is 15.2 Å². The summed E-state index contributed by atoms with van der Waals surface area (Å²) >= 11 is 0. The minimum Gasteiger partial charge on any atom is -0.376 e. The summed E-state index contributed by atoms with van der Waals surface area (Å²) in [7, 11) is 0. The topological polar surface area (TPSA) is 44.5 Å². The van der Waals surface area contributed by atoms with Gasteiger partial charge >= 0.3 is 0 Å². The molecule has 3 nitrogen and oxygen atoms in total. The van der Waals surface area contributed by atoms with Crippen molar-refractivity contribution in [2.45, 2.75) is 44.2 Å². The van der Waals surface area contributed by atoms with E-state index < -0.39 is 0 Å². The van der Waals surface area contributed by atoms with Gasteiger partial charge in [-0.25, -0.2) is 0 Å². The maximum absolute atomic E-state index is 6.04. The van der Waals surface area contributed by atoms with Crippen molar-refractivity contribution < 1.29 is 9.47 Å². The third-order valence-corrected chi connectivity index (χ3v) is 2.76. The highest BCUT2D eigenvalue weighted by molar-refractivity contribution is 4.75. The molecular weight excluding hydrogens is 190 g/mol. The van der Waals surface area contributed by atoms with E-state index in [1.807, 2.05) is 6.08 Å². The van der Waals surface area contributed by atoms with E-state index in [1.165, 1.54) is 19.3 Å². The summed E-state index contributed by atoms with van der Waals surface area (Å²) < 4.78 is 10.9. The number of rotatable bonds is 7. The molecule has 88 valence electrons. The zero-order chi connectivity index (χ0) is 10.9. The summed E-state index contributed by atoms with van der Waals surface area (Å²) in [5.41, 5.74) is 6.04. The molecule has 1 fully saturated rings. The summed E-state index contributed by atoms with van der Waals surface area (Å²) in [6, 6.07) is 0.133. The third kappa shape index (κ3) is 5.30. The van der Waals surface area contributed by atoms with Gasteiger partial charge in [0.05, 0.1) is 25.9 Å². The smallest absolute Gasteiger partial charge is 0.0959 e. The molecule has 1 aliphatic heterocycles. The number of nitrogens with two attached hydrogens (primary N) is 1. The predicted octanol–water partition coefficient (Wildman–Crippen LogP) is 1.87. The standard InChI is InChI=1S/C12H23NO2/c1-2-3-4-5-6-7-11(13)12-10-14-8-9-15-12/h2,11-12H,1,3-10,13H2. The number of unbranched alkanes of at least 4 members (excludes halogenated alkanes) is 3. The van der Waals surface area contributed by atoms with Gasteiger partial charge in [0, 0.05) is 6.04 Å². The Morgan fingerprint density at radius 2 is 2.20 bits per heavy atom. The largest absolute Gasteiger partial charge is 0.376 e. The monoisotopic (exact) mass is 213 g/mol. The quantitative estimate of drug-likeness (QED) is 0.518. The van der Waals surface area contributed by atoms with Crippen LogP contribution in [0.1, 0.15) is 32.1 Å². The fourth-order valence-corrected chi connectivity index (χ4v) is 1.78. The first kappa shape index (κ1) is 12.7. The summed E-state index contributed by atoms with van der Waals surface area (Å²) in [5.74, 6) is 0. The van der Waals surface area contributed by atoms with Gasteiger partial charge in [0.15, 0.2) is 0 Å². The zero-order valence-corrected chi connectivity index (χ0v) is 9.49. The highest BCUT2D eigenvalue weighted by Crippen LogP contribution is 2.11. The second-order valence-electron chi connectivity index (χ2n) is 4.07. The summed E-state index contributed by atoms with van der Waals surface area (Å²) in [6.45, 7) is 5.77. The van der Waals surface area contributed by atoms with Crippen LogP contribution in [0.25, 0.3) is 0 Å². The summed E-state index contributed by atoms with van der Waals surface area (Å²) in [6.07, 6.45) is 7.85. The van der Waals surface area contributed by atoms with Crippen molar-refractivity contribution in [2.75, 3.05) is 19.8 Å². The van der Waals surface area contributed by atoms with Crippen LogP contribution in [0.4, 0.5) is 0 Å². The van der Waals surface area contributed by atoms with Gasteiger partial charge in [-0.2, -0.15) is 0 Å². The Bertz CT molecular complexity index is 167. The van der Waals surface area contributed by atoms with E-state index in [0.29, 0.717) is 19.8 Å². The van der Waals surface area contributed by atoms with Crippen molar-refractivity contribution in [3.63, 3.8) is 0 Å². The lowest BCUT2D eigenvalue weighted by atomic mass is 10.0. The number of hydrogen-bond acceptors (Lipinski definition) is 3. The van der Waals surface area contributed by atoms with Crippen LogP contribution >= 0.6 is 0 Å². The van der Waals surface area contributed by atoms with Crippen LogP contribution in [0.5, 0.6) is 0 Å². The van der Waals surface area contributed by atoms with E-state index >= 15 is 0 Å². The SMILES string of the molecule is C=CCCCCCC(N)C1COCCO1. The summed E-state index contributed by atoms with van der Waals surface area (Å²) in [4.78, 5) is 0. The second-order valence-corrected chi connectivity index (χ2v) is 4.07. The van der Waals surface area contributed by atoms with Gasteiger partial charge in [-0.3, -0.25) is 0 Å². The molecule has 2 atom stereocenters. The average molecular weight is 213 g/mol. The van der Waals surface area contributed by atoms with E-state index in [2.05, 4.69) is 6.58 Å². The van der Waals surface area contributed by atoms with Crippen LogP contribution in [0.2, 0.25) is 0 Å². The molecule has 1 aliphatic rings. The van der Waals surface area contributed by atoms with Gasteiger partial charge in [-0.05, 0) is 19.3 Å². The molecule has 0 aromatic heterocycles. The summed E-state index contributed by atoms with van der Waals surface area (Å²) in [5, 5.41) is 0. The Morgan fingerprint density at radius 1 is 1.33 bits per heavy atom. The van der Waals surface area contributed by atoms with Crippen molar-refractivity contribution in [1.29, 1.82) is 0 Å². The molecule has 2 unspecified atom stereocenters. The van der Waals surface area contributed by atoms with Crippen molar-refractivity contribution in [2.24, 2.45) is 5.73 Å².